The Kier molecular flexibility index (Phi) is 6.60. The van der Waals surface area contributed by atoms with Crippen LogP contribution in [0.4, 0.5) is 17.1 Å². The second-order valence-electron chi connectivity index (χ2n) is 14.5. The average Bonchev–Trinajstić information content (AvgIpc) is 3.94. The molecule has 0 saturated carbocycles. The van der Waals surface area contributed by atoms with Crippen molar-refractivity contribution < 1.29 is 13.3 Å². The summed E-state index contributed by atoms with van der Waals surface area (Å²) in [7, 11) is 0. The predicted octanol–water partition coefficient (Wildman–Crippen LogP) is 15.3. The van der Waals surface area contributed by atoms with Gasteiger partial charge in [-0.15, -0.1) is 0 Å². The molecule has 12 aromatic rings. The Morgan fingerprint density at radius 1 is 0.304 bits per heavy atom. The average molecular weight is 718 g/mol. The van der Waals surface area contributed by atoms with Gasteiger partial charge < -0.3 is 18.2 Å². The minimum Gasteiger partial charge on any atom is -0.456 e. The smallest absolute Gasteiger partial charge is 0.136 e. The van der Waals surface area contributed by atoms with E-state index in [-0.39, 0.29) is 0 Å². The van der Waals surface area contributed by atoms with Crippen molar-refractivity contribution in [1.29, 1.82) is 0 Å². The first-order valence-corrected chi connectivity index (χ1v) is 18.9. The molecule has 0 atom stereocenters. The topological polar surface area (TPSA) is 42.7 Å². The molecule has 3 heterocycles. The third-order valence-electron chi connectivity index (χ3n) is 11.3. The van der Waals surface area contributed by atoms with Crippen molar-refractivity contribution in [3.05, 3.63) is 188 Å². The number of hydrogen-bond donors (Lipinski definition) is 0. The molecule has 0 N–H and O–H groups in total. The van der Waals surface area contributed by atoms with Crippen LogP contribution in [0.5, 0.6) is 0 Å². The summed E-state index contributed by atoms with van der Waals surface area (Å²) in [5, 5.41) is 8.98. The van der Waals surface area contributed by atoms with Gasteiger partial charge in [0.2, 0.25) is 0 Å². The molecule has 262 valence electrons. The molecule has 0 spiro atoms. The highest BCUT2D eigenvalue weighted by molar-refractivity contribution is 6.17. The molecule has 0 unspecified atom stereocenters. The molecule has 0 aliphatic heterocycles. The molecule has 3 aromatic heterocycles. The minimum atomic E-state index is 0.863. The number of nitrogens with zero attached hydrogens (tertiary/aromatic N) is 1. The van der Waals surface area contributed by atoms with Gasteiger partial charge in [0.1, 0.15) is 33.5 Å². The Morgan fingerprint density at radius 3 is 1.64 bits per heavy atom. The van der Waals surface area contributed by atoms with Gasteiger partial charge in [0.15, 0.2) is 0 Å². The van der Waals surface area contributed by atoms with Gasteiger partial charge in [-0.1, -0.05) is 109 Å². The van der Waals surface area contributed by atoms with E-state index < -0.39 is 0 Å². The maximum absolute atomic E-state index is 6.54. The molecule has 4 nitrogen and oxygen atoms in total. The van der Waals surface area contributed by atoms with Crippen molar-refractivity contribution in [2.24, 2.45) is 0 Å². The zero-order valence-electron chi connectivity index (χ0n) is 30.1. The molecule has 4 heteroatoms. The summed E-state index contributed by atoms with van der Waals surface area (Å²) in [6, 6.07) is 66.3. The quantitative estimate of drug-likeness (QED) is 0.178. The Bertz CT molecular complexity index is 3490. The Labute approximate surface area is 321 Å². The first-order chi connectivity index (χ1) is 27.7. The van der Waals surface area contributed by atoms with Crippen LogP contribution in [0, 0.1) is 0 Å². The van der Waals surface area contributed by atoms with E-state index in [9.17, 15) is 0 Å². The second kappa shape index (κ2) is 12.0. The lowest BCUT2D eigenvalue weighted by molar-refractivity contribution is 0.668. The van der Waals surface area contributed by atoms with Crippen molar-refractivity contribution >= 4 is 93.7 Å². The summed E-state index contributed by atoms with van der Waals surface area (Å²) >= 11 is 0. The van der Waals surface area contributed by atoms with Gasteiger partial charge in [-0.2, -0.15) is 0 Å². The minimum absolute atomic E-state index is 0.863. The summed E-state index contributed by atoms with van der Waals surface area (Å²) in [5.41, 5.74) is 12.9. The molecule has 0 aliphatic rings. The number of furan rings is 3. The molecule has 0 aliphatic carbocycles. The third-order valence-corrected chi connectivity index (χ3v) is 11.3. The van der Waals surface area contributed by atoms with Crippen LogP contribution in [0.1, 0.15) is 0 Å². The second-order valence-corrected chi connectivity index (χ2v) is 14.5. The van der Waals surface area contributed by atoms with Gasteiger partial charge in [-0.05, 0) is 106 Å². The van der Waals surface area contributed by atoms with Crippen LogP contribution >= 0.6 is 0 Å². The van der Waals surface area contributed by atoms with E-state index in [0.717, 1.165) is 111 Å². The fraction of sp³-hybridized carbons (Fsp3) is 0. The van der Waals surface area contributed by atoms with Crippen molar-refractivity contribution in [3.8, 4) is 22.3 Å². The molecular weight excluding hydrogens is 687 g/mol. The summed E-state index contributed by atoms with van der Waals surface area (Å²) in [6.07, 6.45) is 0. The van der Waals surface area contributed by atoms with Crippen LogP contribution in [0.3, 0.4) is 0 Å². The number of hydrogen-bond acceptors (Lipinski definition) is 4. The number of rotatable bonds is 5. The van der Waals surface area contributed by atoms with Crippen molar-refractivity contribution in [2.45, 2.75) is 0 Å². The van der Waals surface area contributed by atoms with E-state index >= 15 is 0 Å². The number of anilines is 3. The molecular formula is C52H31NO3. The van der Waals surface area contributed by atoms with Crippen LogP contribution in [-0.4, -0.2) is 0 Å². The Hall–Kier alpha value is -7.56. The Balaban J connectivity index is 1.06. The van der Waals surface area contributed by atoms with E-state index in [1.165, 1.54) is 5.39 Å². The van der Waals surface area contributed by atoms with E-state index in [2.05, 4.69) is 169 Å². The largest absolute Gasteiger partial charge is 0.456 e. The van der Waals surface area contributed by atoms with Crippen LogP contribution in [0.25, 0.3) is 98.8 Å². The highest BCUT2D eigenvalue weighted by atomic mass is 16.3. The third kappa shape index (κ3) is 4.73. The molecule has 0 bridgehead atoms. The summed E-state index contributed by atoms with van der Waals surface area (Å²) < 4.78 is 19.0. The number of para-hydroxylation sites is 3. The van der Waals surface area contributed by atoms with Crippen LogP contribution in [0.15, 0.2) is 201 Å². The van der Waals surface area contributed by atoms with Gasteiger partial charge in [-0.3, -0.25) is 0 Å². The van der Waals surface area contributed by atoms with E-state index in [1.54, 1.807) is 0 Å². The van der Waals surface area contributed by atoms with Crippen LogP contribution in [-0.2, 0) is 0 Å². The zero-order chi connectivity index (χ0) is 36.7. The normalized spacial score (nSPS) is 11.9. The Morgan fingerprint density at radius 2 is 0.857 bits per heavy atom. The van der Waals surface area contributed by atoms with Gasteiger partial charge in [0, 0.05) is 49.3 Å². The van der Waals surface area contributed by atoms with E-state index in [0.29, 0.717) is 0 Å². The van der Waals surface area contributed by atoms with Gasteiger partial charge in [0.25, 0.3) is 0 Å². The SMILES string of the molecule is c1ccc(N(c2ccc(-c3ccc4oc5ccccc5c4c3)cc2)c2ccc3oc4ccccc4c3c2)c(-c2cccc3oc4cc5ccccc5cc4c23)c1. The lowest BCUT2D eigenvalue weighted by atomic mass is 9.96. The van der Waals surface area contributed by atoms with Gasteiger partial charge >= 0.3 is 0 Å². The van der Waals surface area contributed by atoms with E-state index in [4.69, 9.17) is 13.3 Å². The summed E-state index contributed by atoms with van der Waals surface area (Å²) in [4.78, 5) is 2.36. The van der Waals surface area contributed by atoms with Crippen molar-refractivity contribution in [1.82, 2.24) is 0 Å². The van der Waals surface area contributed by atoms with Crippen LogP contribution < -0.4 is 4.90 Å². The maximum Gasteiger partial charge on any atom is 0.136 e. The summed E-state index contributed by atoms with van der Waals surface area (Å²) in [6.45, 7) is 0. The van der Waals surface area contributed by atoms with E-state index in [1.807, 2.05) is 24.3 Å². The molecule has 56 heavy (non-hydrogen) atoms. The molecule has 0 radical (unpaired) electrons. The maximum atomic E-state index is 6.54. The molecule has 12 rings (SSSR count). The molecule has 9 aromatic carbocycles. The monoisotopic (exact) mass is 717 g/mol. The molecule has 0 fully saturated rings. The molecule has 0 amide bonds. The number of fused-ring (bicyclic) bond motifs is 10. The van der Waals surface area contributed by atoms with Gasteiger partial charge in [0.05, 0.1) is 5.69 Å². The highest BCUT2D eigenvalue weighted by Crippen LogP contribution is 2.46. The molecule has 0 saturated heterocycles. The zero-order valence-corrected chi connectivity index (χ0v) is 30.1. The van der Waals surface area contributed by atoms with Gasteiger partial charge in [-0.25, -0.2) is 0 Å². The fourth-order valence-corrected chi connectivity index (χ4v) is 8.62. The fourth-order valence-electron chi connectivity index (χ4n) is 8.62. The lowest BCUT2D eigenvalue weighted by Crippen LogP contribution is -2.11. The predicted molar refractivity (Wildman–Crippen MR) is 231 cm³/mol. The number of benzene rings is 9. The van der Waals surface area contributed by atoms with Crippen molar-refractivity contribution in [2.75, 3.05) is 4.90 Å². The van der Waals surface area contributed by atoms with Crippen LogP contribution in [0.2, 0.25) is 0 Å². The highest BCUT2D eigenvalue weighted by Gasteiger charge is 2.22. The first-order valence-electron chi connectivity index (χ1n) is 18.9. The summed E-state index contributed by atoms with van der Waals surface area (Å²) in [5.74, 6) is 0. The first kappa shape index (κ1) is 30.9. The van der Waals surface area contributed by atoms with Crippen molar-refractivity contribution in [3.63, 3.8) is 0 Å². The lowest BCUT2D eigenvalue weighted by Gasteiger charge is -2.28. The standard InChI is InChI=1S/C52H31NO3/c1-2-11-34-30-51-44(29-33(34)10-1)52-41(15-9-19-50(52)56-51)38-12-3-6-16-45(38)53(37-25-27-49-43(31-37)40-14-5-8-18-47(40)55-49)36-23-20-32(21-24-36)35-22-26-48-42(28-35)39-13-4-7-17-46(39)54-48/h1-31H.